The van der Waals surface area contributed by atoms with E-state index in [1.54, 1.807) is 0 Å². The number of benzene rings is 1. The fourth-order valence-electron chi connectivity index (χ4n) is 1.09. The largest absolute Gasteiger partial charge is 0.504 e. The molecule has 0 aliphatic carbocycles. The van der Waals surface area contributed by atoms with Gasteiger partial charge in [-0.2, -0.15) is 8.42 Å². The molecule has 0 aliphatic rings. The molecule has 0 radical (unpaired) electrons. The maximum absolute atomic E-state index is 10.8. The number of phenolic OH excluding ortho intramolecular Hbond substituents is 2. The van der Waals surface area contributed by atoms with Gasteiger partial charge in [0.2, 0.25) is 0 Å². The Kier molecular flexibility index (Phi) is 3.41. The smallest absolute Gasteiger partial charge is 0.279 e. The quantitative estimate of drug-likeness (QED) is 0.425. The first-order chi connectivity index (χ1) is 7.27. The second-order valence-corrected chi connectivity index (χ2v) is 4.88. The van der Waals surface area contributed by atoms with Crippen LogP contribution >= 0.6 is 11.6 Å². The number of rotatable bonds is 3. The van der Waals surface area contributed by atoms with Gasteiger partial charge in [0.1, 0.15) is 6.29 Å². The summed E-state index contributed by atoms with van der Waals surface area (Å²) in [5, 5.41) is 16.0. The van der Waals surface area contributed by atoms with Crippen molar-refractivity contribution in [1.29, 1.82) is 0 Å². The maximum atomic E-state index is 10.8. The van der Waals surface area contributed by atoms with Crippen molar-refractivity contribution in [2.24, 2.45) is 0 Å². The molecule has 0 saturated carbocycles. The number of carbonyl (C=O) groups excluding carboxylic acids is 1. The van der Waals surface area contributed by atoms with Crippen molar-refractivity contribution in [2.75, 3.05) is 0 Å². The van der Waals surface area contributed by atoms with Crippen molar-refractivity contribution in [3.05, 3.63) is 22.7 Å². The Morgan fingerprint density at radius 2 is 1.75 bits per heavy atom. The molecular weight excluding hydrogens is 260 g/mol. The van der Waals surface area contributed by atoms with E-state index in [2.05, 4.69) is 0 Å². The Morgan fingerprint density at radius 1 is 1.25 bits per heavy atom. The molecule has 1 aromatic rings. The number of carbonyl (C=O) groups is 1. The highest BCUT2D eigenvalue weighted by Crippen LogP contribution is 2.35. The van der Waals surface area contributed by atoms with E-state index in [1.807, 2.05) is 0 Å². The van der Waals surface area contributed by atoms with E-state index in [0.717, 1.165) is 12.1 Å². The summed E-state index contributed by atoms with van der Waals surface area (Å²) in [6, 6.07) is 1.67. The zero-order valence-electron chi connectivity index (χ0n) is 7.66. The molecule has 1 rings (SSSR count). The molecule has 3 N–H and O–H groups in total. The van der Waals surface area contributed by atoms with Crippen LogP contribution in [0.5, 0.6) is 11.5 Å². The van der Waals surface area contributed by atoms with Crippen LogP contribution in [0.4, 0.5) is 0 Å². The standard InChI is InChI=1S/C8H7ClO6S/c9-5-2-7(12)6(11)1-4(5)8(3-10)16(13,14)15/h1-3,8,11-12H,(H,13,14,15). The van der Waals surface area contributed by atoms with Crippen LogP contribution in [0.3, 0.4) is 0 Å². The third kappa shape index (κ3) is 2.43. The number of aldehydes is 1. The zero-order chi connectivity index (χ0) is 12.5. The Balaban J connectivity index is 3.43. The van der Waals surface area contributed by atoms with Gasteiger partial charge in [-0.05, 0) is 6.07 Å². The summed E-state index contributed by atoms with van der Waals surface area (Å²) in [5.74, 6) is -1.20. The molecule has 0 heterocycles. The monoisotopic (exact) mass is 266 g/mol. The Bertz CT molecular complexity index is 524. The van der Waals surface area contributed by atoms with Gasteiger partial charge < -0.3 is 15.0 Å². The molecule has 88 valence electrons. The van der Waals surface area contributed by atoms with Crippen molar-refractivity contribution < 1.29 is 28.0 Å². The Morgan fingerprint density at radius 3 is 2.19 bits per heavy atom. The van der Waals surface area contributed by atoms with E-state index in [0.29, 0.717) is 0 Å². The lowest BCUT2D eigenvalue weighted by Gasteiger charge is -2.10. The van der Waals surface area contributed by atoms with Crippen molar-refractivity contribution in [3.8, 4) is 11.5 Å². The second-order valence-electron chi connectivity index (χ2n) is 2.93. The van der Waals surface area contributed by atoms with Gasteiger partial charge in [0, 0.05) is 16.7 Å². The molecular formula is C8H7ClO6S. The van der Waals surface area contributed by atoms with E-state index in [4.69, 9.17) is 26.4 Å². The summed E-state index contributed by atoms with van der Waals surface area (Å²) < 4.78 is 30.4. The van der Waals surface area contributed by atoms with Gasteiger partial charge in [-0.1, -0.05) is 11.6 Å². The minimum atomic E-state index is -4.67. The molecule has 6 nitrogen and oxygen atoms in total. The van der Waals surface area contributed by atoms with Crippen LogP contribution in [0, 0.1) is 0 Å². The third-order valence-electron chi connectivity index (χ3n) is 1.84. The van der Waals surface area contributed by atoms with Gasteiger partial charge in [-0.25, -0.2) is 0 Å². The van der Waals surface area contributed by atoms with Gasteiger partial charge >= 0.3 is 0 Å². The molecule has 8 heteroatoms. The first-order valence-electron chi connectivity index (χ1n) is 3.90. The SMILES string of the molecule is O=CC(c1cc(O)c(O)cc1Cl)S(=O)(=O)O. The molecule has 0 bridgehead atoms. The van der Waals surface area contributed by atoms with Crippen LogP contribution in [-0.4, -0.2) is 29.5 Å². The number of halogens is 1. The normalized spacial score (nSPS) is 13.4. The van der Waals surface area contributed by atoms with E-state index in [-0.39, 0.29) is 16.9 Å². The van der Waals surface area contributed by atoms with Gasteiger partial charge in [0.05, 0.1) is 0 Å². The molecule has 0 aliphatic heterocycles. The zero-order valence-corrected chi connectivity index (χ0v) is 9.23. The lowest BCUT2D eigenvalue weighted by atomic mass is 10.1. The van der Waals surface area contributed by atoms with E-state index < -0.39 is 26.9 Å². The minimum Gasteiger partial charge on any atom is -0.504 e. The molecule has 0 saturated heterocycles. The fourth-order valence-corrected chi connectivity index (χ4v) is 2.09. The molecule has 16 heavy (non-hydrogen) atoms. The molecule has 0 aromatic heterocycles. The number of hydrogen-bond acceptors (Lipinski definition) is 5. The highest BCUT2D eigenvalue weighted by Gasteiger charge is 2.27. The van der Waals surface area contributed by atoms with Crippen LogP contribution in [-0.2, 0) is 14.9 Å². The summed E-state index contributed by atoms with van der Waals surface area (Å²) in [6.45, 7) is 0. The average molecular weight is 267 g/mol. The molecule has 0 fully saturated rings. The summed E-state index contributed by atoms with van der Waals surface area (Å²) in [4.78, 5) is 10.6. The van der Waals surface area contributed by atoms with E-state index in [1.165, 1.54) is 0 Å². The van der Waals surface area contributed by atoms with Crippen LogP contribution in [0.25, 0.3) is 0 Å². The Hall–Kier alpha value is -1.31. The third-order valence-corrected chi connectivity index (χ3v) is 3.18. The summed E-state index contributed by atoms with van der Waals surface area (Å²) >= 11 is 5.58. The van der Waals surface area contributed by atoms with Gasteiger partial charge in [0.25, 0.3) is 10.1 Å². The first-order valence-corrected chi connectivity index (χ1v) is 5.78. The molecule has 0 spiro atoms. The molecule has 1 atom stereocenters. The molecule has 0 amide bonds. The van der Waals surface area contributed by atoms with Crippen molar-refractivity contribution in [3.63, 3.8) is 0 Å². The van der Waals surface area contributed by atoms with Crippen molar-refractivity contribution >= 4 is 28.0 Å². The molecule has 1 unspecified atom stereocenters. The van der Waals surface area contributed by atoms with Gasteiger partial charge in [-0.15, -0.1) is 0 Å². The maximum Gasteiger partial charge on any atom is 0.279 e. The fraction of sp³-hybridized carbons (Fsp3) is 0.125. The number of hydrogen-bond donors (Lipinski definition) is 3. The predicted molar refractivity (Wildman–Crippen MR) is 55.1 cm³/mol. The highest BCUT2D eigenvalue weighted by molar-refractivity contribution is 7.86. The van der Waals surface area contributed by atoms with Crippen LogP contribution < -0.4 is 0 Å². The summed E-state index contributed by atoms with van der Waals surface area (Å²) in [7, 11) is -4.67. The number of aromatic hydroxyl groups is 2. The summed E-state index contributed by atoms with van der Waals surface area (Å²) in [5.41, 5.74) is -0.311. The lowest BCUT2D eigenvalue weighted by molar-refractivity contribution is -0.107. The average Bonchev–Trinajstić information content (AvgIpc) is 2.12. The summed E-state index contributed by atoms with van der Waals surface area (Å²) in [6.07, 6.45) is -0.0347. The van der Waals surface area contributed by atoms with Crippen molar-refractivity contribution in [1.82, 2.24) is 0 Å². The minimum absolute atomic E-state index is 0.0347. The first kappa shape index (κ1) is 12.8. The second kappa shape index (κ2) is 4.28. The van der Waals surface area contributed by atoms with E-state index >= 15 is 0 Å². The predicted octanol–water partition coefficient (Wildman–Crippen LogP) is 0.879. The highest BCUT2D eigenvalue weighted by atomic mass is 35.5. The van der Waals surface area contributed by atoms with Crippen molar-refractivity contribution in [2.45, 2.75) is 5.25 Å². The number of phenols is 2. The topological polar surface area (TPSA) is 112 Å². The van der Waals surface area contributed by atoms with Crippen LogP contribution in [0.1, 0.15) is 10.8 Å². The van der Waals surface area contributed by atoms with Gasteiger partial charge in [0.15, 0.2) is 16.7 Å². The van der Waals surface area contributed by atoms with Crippen LogP contribution in [0.2, 0.25) is 5.02 Å². The Labute approximate surface area is 95.8 Å². The lowest BCUT2D eigenvalue weighted by Crippen LogP contribution is -2.13. The van der Waals surface area contributed by atoms with E-state index in [9.17, 15) is 13.2 Å². The molecule has 1 aromatic carbocycles. The van der Waals surface area contributed by atoms with Crippen LogP contribution in [0.15, 0.2) is 12.1 Å². The van der Waals surface area contributed by atoms with Gasteiger partial charge in [-0.3, -0.25) is 4.55 Å².